The molecule has 0 aliphatic rings. The second-order valence-electron chi connectivity index (χ2n) is 29.9. The predicted molar refractivity (Wildman–Crippen MR) is 409 cm³/mol. The zero-order valence-electron chi connectivity index (χ0n) is 65.5. The quantitative estimate of drug-likeness (QED) is 0.0222. The first-order valence-corrected chi connectivity index (χ1v) is 45.0. The van der Waals surface area contributed by atoms with Crippen molar-refractivity contribution in [3.63, 3.8) is 0 Å². The zero-order valence-corrected chi connectivity index (χ0v) is 67.3. The molecule has 0 aliphatic carbocycles. The van der Waals surface area contributed by atoms with Crippen LogP contribution < -0.4 is 0 Å². The van der Waals surface area contributed by atoms with E-state index in [4.69, 9.17) is 37.0 Å². The molecule has 0 aromatic carbocycles. The van der Waals surface area contributed by atoms with Gasteiger partial charge in [-0.05, 0) is 37.5 Å². The Kier molecular flexibility index (Phi) is 71.2. The summed E-state index contributed by atoms with van der Waals surface area (Å²) in [6.07, 6.45) is 62.5. The van der Waals surface area contributed by atoms with E-state index in [1.54, 1.807) is 0 Å². The number of carbonyl (C=O) groups excluding carboxylic acids is 4. The molecule has 0 bridgehead atoms. The third kappa shape index (κ3) is 73.0. The first kappa shape index (κ1) is 98.1. The summed E-state index contributed by atoms with van der Waals surface area (Å²) in [5.41, 5.74) is 0. The topological polar surface area (TPSA) is 237 Å². The molecule has 0 aliphatic heterocycles. The van der Waals surface area contributed by atoms with Gasteiger partial charge in [-0.3, -0.25) is 37.3 Å². The van der Waals surface area contributed by atoms with E-state index in [2.05, 4.69) is 41.5 Å². The van der Waals surface area contributed by atoms with Gasteiger partial charge in [0.15, 0.2) is 12.2 Å². The van der Waals surface area contributed by atoms with Crippen molar-refractivity contribution in [2.75, 3.05) is 39.6 Å². The highest BCUT2D eigenvalue weighted by Crippen LogP contribution is 2.45. The minimum Gasteiger partial charge on any atom is -0.462 e. The molecule has 3 unspecified atom stereocenters. The Morgan fingerprint density at radius 1 is 0.290 bits per heavy atom. The van der Waals surface area contributed by atoms with Gasteiger partial charge in [-0.25, -0.2) is 9.13 Å². The Hall–Kier alpha value is -1.94. The van der Waals surface area contributed by atoms with Crippen LogP contribution >= 0.6 is 15.6 Å². The van der Waals surface area contributed by atoms with Crippen LogP contribution in [0.5, 0.6) is 0 Å². The van der Waals surface area contributed by atoms with E-state index >= 15 is 0 Å². The third-order valence-electron chi connectivity index (χ3n) is 19.3. The molecule has 0 heterocycles. The van der Waals surface area contributed by atoms with E-state index in [1.165, 1.54) is 244 Å². The summed E-state index contributed by atoms with van der Waals surface area (Å²) in [6.45, 7) is 9.63. The maximum absolute atomic E-state index is 13.1. The maximum atomic E-state index is 13.1. The van der Waals surface area contributed by atoms with Gasteiger partial charge in [0.05, 0.1) is 26.4 Å². The molecule has 0 saturated carbocycles. The minimum atomic E-state index is -4.96. The molecule has 17 nitrogen and oxygen atoms in total. The van der Waals surface area contributed by atoms with Crippen LogP contribution in [0.1, 0.15) is 427 Å². The van der Waals surface area contributed by atoms with Gasteiger partial charge in [-0.2, -0.15) is 0 Å². The van der Waals surface area contributed by atoms with Gasteiger partial charge >= 0.3 is 39.5 Å². The van der Waals surface area contributed by atoms with Crippen LogP contribution in [0.2, 0.25) is 0 Å². The van der Waals surface area contributed by atoms with Crippen molar-refractivity contribution in [2.45, 2.75) is 445 Å². The number of esters is 4. The number of phosphoric acid groups is 2. The number of aliphatic hydroxyl groups excluding tert-OH is 1. The fraction of sp³-hybridized carbons (Fsp3) is 0.951. The molecule has 0 aromatic heterocycles. The van der Waals surface area contributed by atoms with Crippen LogP contribution in [-0.2, 0) is 65.4 Å². The highest BCUT2D eigenvalue weighted by Gasteiger charge is 2.30. The molecule has 19 heteroatoms. The van der Waals surface area contributed by atoms with Gasteiger partial charge in [0.25, 0.3) is 0 Å². The van der Waals surface area contributed by atoms with Crippen LogP contribution in [0.25, 0.3) is 0 Å². The Morgan fingerprint density at radius 3 is 0.760 bits per heavy atom. The lowest BCUT2D eigenvalue weighted by Crippen LogP contribution is -2.30. The van der Waals surface area contributed by atoms with Crippen LogP contribution in [0.4, 0.5) is 0 Å². The van der Waals surface area contributed by atoms with Crippen molar-refractivity contribution in [1.29, 1.82) is 0 Å². The van der Waals surface area contributed by atoms with Crippen LogP contribution in [-0.4, -0.2) is 96.7 Å². The lowest BCUT2D eigenvalue weighted by molar-refractivity contribution is -0.161. The first-order valence-electron chi connectivity index (χ1n) is 42.0. The van der Waals surface area contributed by atoms with Crippen LogP contribution in [0.3, 0.4) is 0 Å². The predicted octanol–water partition coefficient (Wildman–Crippen LogP) is 24.3. The maximum Gasteiger partial charge on any atom is 0.472 e. The highest BCUT2D eigenvalue weighted by molar-refractivity contribution is 7.47. The van der Waals surface area contributed by atoms with E-state index < -0.39 is 97.5 Å². The van der Waals surface area contributed by atoms with Crippen molar-refractivity contribution < 1.29 is 80.2 Å². The smallest absolute Gasteiger partial charge is 0.462 e. The fourth-order valence-corrected chi connectivity index (χ4v) is 14.1. The molecule has 0 rings (SSSR count). The average molecular weight is 1470 g/mol. The first-order chi connectivity index (χ1) is 48.4. The van der Waals surface area contributed by atoms with Crippen LogP contribution in [0, 0.1) is 11.8 Å². The fourth-order valence-electron chi connectivity index (χ4n) is 12.5. The molecule has 0 spiro atoms. The van der Waals surface area contributed by atoms with E-state index in [0.29, 0.717) is 25.7 Å². The van der Waals surface area contributed by atoms with Gasteiger partial charge in [-0.15, -0.1) is 0 Å². The largest absolute Gasteiger partial charge is 0.472 e. The normalized spacial score (nSPS) is 14.2. The van der Waals surface area contributed by atoms with Gasteiger partial charge in [0.2, 0.25) is 0 Å². The van der Waals surface area contributed by atoms with Gasteiger partial charge < -0.3 is 33.8 Å². The number of ether oxygens (including phenoxy) is 4. The molecule has 100 heavy (non-hydrogen) atoms. The van der Waals surface area contributed by atoms with Crippen LogP contribution in [0.15, 0.2) is 0 Å². The lowest BCUT2D eigenvalue weighted by Gasteiger charge is -2.21. The van der Waals surface area contributed by atoms with Gasteiger partial charge in [-0.1, -0.05) is 375 Å². The molecule has 0 saturated heterocycles. The second kappa shape index (κ2) is 72.6. The standard InChI is InChI=1S/C81H158O17P2/c1-7-10-12-14-16-18-20-21-22-23-24-25-26-27-28-29-32-36-40-47-53-59-65-80(85)97-76(69-92-79(84)64-58-52-46-39-35-33-30-31-34-37-43-49-55-61-73(4)5)71-95-99(87,88)93-67-75(82)68-94-100(89,90)96-72-77(70-91-78(83)63-57-51-45-38-19-17-15-13-11-8-2)98-81(86)66-60-54-48-42-41-44-50-56-62-74(6)9-3/h73-77,82H,7-72H2,1-6H3,(H,87,88)(H,89,90)/t74?,75-,76-,77-/m1/s1. The molecule has 3 N–H and O–H groups in total. The average Bonchev–Trinajstić information content (AvgIpc) is 0.926. The molecular formula is C81H158O17P2. The summed E-state index contributed by atoms with van der Waals surface area (Å²) in [6, 6.07) is 0. The summed E-state index contributed by atoms with van der Waals surface area (Å²) < 4.78 is 68.7. The number of hydrogen-bond acceptors (Lipinski definition) is 15. The lowest BCUT2D eigenvalue weighted by atomic mass is 9.99. The Morgan fingerprint density at radius 2 is 0.510 bits per heavy atom. The van der Waals surface area contributed by atoms with Crippen molar-refractivity contribution in [2.24, 2.45) is 11.8 Å². The van der Waals surface area contributed by atoms with Gasteiger partial charge in [0, 0.05) is 25.7 Å². The zero-order chi connectivity index (χ0) is 73.5. The number of hydrogen-bond donors (Lipinski definition) is 3. The van der Waals surface area contributed by atoms with Crippen molar-refractivity contribution in [3.8, 4) is 0 Å². The van der Waals surface area contributed by atoms with E-state index in [0.717, 1.165) is 102 Å². The highest BCUT2D eigenvalue weighted by atomic mass is 31.2. The number of unbranched alkanes of at least 4 members (excludes halogenated alkanes) is 49. The Balaban J connectivity index is 5.20. The van der Waals surface area contributed by atoms with Crippen molar-refractivity contribution >= 4 is 39.5 Å². The molecule has 0 amide bonds. The number of rotatable bonds is 80. The van der Waals surface area contributed by atoms with Crippen molar-refractivity contribution in [3.05, 3.63) is 0 Å². The van der Waals surface area contributed by atoms with E-state index in [-0.39, 0.29) is 25.7 Å². The molecule has 0 radical (unpaired) electrons. The summed E-state index contributed by atoms with van der Waals surface area (Å²) in [7, 11) is -9.92. The number of aliphatic hydroxyl groups is 1. The molecular weight excluding hydrogens is 1310 g/mol. The Bertz CT molecular complexity index is 1930. The molecule has 6 atom stereocenters. The third-order valence-corrected chi connectivity index (χ3v) is 21.2. The van der Waals surface area contributed by atoms with E-state index in [9.17, 15) is 43.2 Å². The molecule has 0 fully saturated rings. The SMILES string of the molecule is CCCCCCCCCCCCCCCCCCCCCCCCC(=O)O[C@H](COC(=O)CCCCCCCCCCCCCCCC(C)C)COP(=O)(O)OC[C@@H](O)COP(=O)(O)OC[C@@H](COC(=O)CCCCCCCCCCCC)OC(=O)CCCCCCCCCCC(C)CC. The monoisotopic (exact) mass is 1470 g/mol. The summed E-state index contributed by atoms with van der Waals surface area (Å²) in [4.78, 5) is 73.0. The summed E-state index contributed by atoms with van der Waals surface area (Å²) in [5, 5.41) is 10.6. The van der Waals surface area contributed by atoms with Gasteiger partial charge in [0.1, 0.15) is 19.3 Å². The number of phosphoric ester groups is 2. The summed E-state index contributed by atoms with van der Waals surface area (Å²) >= 11 is 0. The minimum absolute atomic E-state index is 0.105. The second-order valence-corrected chi connectivity index (χ2v) is 32.8. The summed E-state index contributed by atoms with van der Waals surface area (Å²) in [5.74, 6) is -0.551. The van der Waals surface area contributed by atoms with Crippen molar-refractivity contribution in [1.82, 2.24) is 0 Å². The van der Waals surface area contributed by atoms with E-state index in [1.807, 2.05) is 0 Å². The molecule has 0 aromatic rings. The molecule has 594 valence electrons. The Labute approximate surface area is 613 Å². The number of carbonyl (C=O) groups is 4.